The Morgan fingerprint density at radius 1 is 0.618 bits per heavy atom. The highest BCUT2D eigenvalue weighted by Gasteiger charge is 2.28. The van der Waals surface area contributed by atoms with Crippen LogP contribution in [0.25, 0.3) is 66.8 Å². The Morgan fingerprint density at radius 2 is 1.06 bits per heavy atom. The summed E-state index contributed by atoms with van der Waals surface area (Å²) < 4.78 is 80.2. The molecule has 0 saturated carbocycles. The Morgan fingerprint density at radius 3 is 1.53 bits per heavy atom. The smallest absolute Gasteiger partial charge is 0.305 e. The summed E-state index contributed by atoms with van der Waals surface area (Å²) in [6.45, 7) is 18.9. The Bertz CT molecular complexity index is 3170. The number of aryl methyl sites for hydroxylation is 2. The van der Waals surface area contributed by atoms with Crippen molar-refractivity contribution in [1.82, 2.24) is 0 Å². The van der Waals surface area contributed by atoms with Crippen molar-refractivity contribution in [1.29, 1.82) is 0 Å². The molecule has 10 nitrogen and oxygen atoms in total. The van der Waals surface area contributed by atoms with Crippen LogP contribution >= 0.6 is 0 Å². The summed E-state index contributed by atoms with van der Waals surface area (Å²) in [6, 6.07) is 17.4. The van der Waals surface area contributed by atoms with Crippen LogP contribution in [0.15, 0.2) is 91.2 Å². The van der Waals surface area contributed by atoms with Crippen molar-refractivity contribution in [3.63, 3.8) is 0 Å². The predicted molar refractivity (Wildman–Crippen MR) is 256 cm³/mol. The lowest BCUT2D eigenvalue weighted by molar-refractivity contribution is -0.147. The molecule has 4 aliphatic rings. The van der Waals surface area contributed by atoms with Gasteiger partial charge in [-0.3, -0.25) is 24.0 Å². The third kappa shape index (κ3) is 10.3. The lowest BCUT2D eigenvalue weighted by Gasteiger charge is -2.19. The predicted octanol–water partition coefficient (Wildman–Crippen LogP) is 13.5. The van der Waals surface area contributed by atoms with Crippen LogP contribution in [0, 0.1) is 44.0 Å². The number of aldehydes is 2. The molecule has 0 fully saturated rings. The number of benzene rings is 6. The molecular weight excluding hydrogens is 885 g/mol. The van der Waals surface area contributed by atoms with Crippen LogP contribution in [0.4, 0.5) is 17.6 Å². The summed E-state index contributed by atoms with van der Waals surface area (Å²) in [5.74, 6) is -4.46. The van der Waals surface area contributed by atoms with Gasteiger partial charge in [0.25, 0.3) is 0 Å². The lowest BCUT2D eigenvalue weighted by Crippen LogP contribution is -2.15. The molecule has 0 bridgehead atoms. The molecule has 14 heteroatoms. The Kier molecular flexibility index (Phi) is 18.1. The molecule has 2 heterocycles. The maximum atomic E-state index is 15.1. The minimum Gasteiger partial charge on any atom is -0.505 e. The van der Waals surface area contributed by atoms with Crippen molar-refractivity contribution < 1.29 is 55.4 Å². The molecule has 4 aromatic carbocycles. The zero-order chi connectivity index (χ0) is 50.7. The molecule has 0 atom stereocenters. The van der Waals surface area contributed by atoms with Gasteiger partial charge >= 0.3 is 5.97 Å². The van der Waals surface area contributed by atoms with E-state index in [9.17, 15) is 42.3 Å². The molecule has 4 aromatic rings. The number of aromatic hydroxyl groups is 1. The molecule has 0 radical (unpaired) electrons. The second kappa shape index (κ2) is 23.2. The maximum Gasteiger partial charge on any atom is 0.305 e. The van der Waals surface area contributed by atoms with Gasteiger partial charge < -0.3 is 23.4 Å². The van der Waals surface area contributed by atoms with Crippen LogP contribution in [0.2, 0.25) is 0 Å². The molecule has 1 N–H and O–H groups in total. The number of rotatable bonds is 8. The van der Waals surface area contributed by atoms with Crippen LogP contribution in [-0.4, -0.2) is 30.4 Å². The number of carbonyl (C=O) groups excluding carboxylic acids is 3. The van der Waals surface area contributed by atoms with E-state index < -0.39 is 52.6 Å². The number of ether oxygens (including phenoxy) is 2. The zero-order valence-corrected chi connectivity index (χ0v) is 39.6. The summed E-state index contributed by atoms with van der Waals surface area (Å²) >= 11 is 0. The normalized spacial score (nSPS) is 10.5. The summed E-state index contributed by atoms with van der Waals surface area (Å²) in [6.07, 6.45) is 1.61. The molecule has 2 aliphatic carbocycles. The molecule has 0 saturated heterocycles. The Hall–Kier alpha value is -7.61. The first kappa shape index (κ1) is 53.0. The zero-order valence-electron chi connectivity index (χ0n) is 39.6. The van der Waals surface area contributed by atoms with E-state index in [0.29, 0.717) is 62.3 Å². The SMILES string of the molecule is CC.CC.CC.CC(=O)OCOc1c(F)cc2c(-c3ccc(C=O)cc3)c3cc(F)c(=O)c(C)c-3oc2c1C.CCc1c2oc3c(C)c(O)c(F)cc3c(-c3ccc(C=O)cc3)c-2cc(F)c1=O. The standard InChI is InChI=1S/C25H18F2O6.C23H16F2O4.3C2H6/c1-12-22(30)19(26)8-17-21(16-6-4-15(10-28)5-7-16)18-9-20(27)25(32-11-31-14(3)29)13(2)24(18)33-23(12)17;1-3-14-21(28)18(25)9-16-19(13-6-4-12(10-26)5-7-13)15-8-17(24)20(27)11(2)22(15)29-23(14)16;3*1-2/h4-10H,11H2,1-3H3;4-10,27H,3H2,1-2H3;3*1-2H3. The van der Waals surface area contributed by atoms with E-state index in [2.05, 4.69) is 0 Å². The highest BCUT2D eigenvalue weighted by Crippen LogP contribution is 2.46. The summed E-state index contributed by atoms with van der Waals surface area (Å²) in [7, 11) is 0. The minimum absolute atomic E-state index is 0.0590. The van der Waals surface area contributed by atoms with E-state index in [-0.39, 0.29) is 62.7 Å². The van der Waals surface area contributed by atoms with E-state index >= 15 is 4.39 Å². The van der Waals surface area contributed by atoms with Crippen molar-refractivity contribution in [3.05, 3.63) is 150 Å². The maximum absolute atomic E-state index is 15.1. The van der Waals surface area contributed by atoms with Gasteiger partial charge in [-0.05, 0) is 62.6 Å². The fourth-order valence-corrected chi connectivity index (χ4v) is 7.40. The second-order valence-electron chi connectivity index (χ2n) is 14.3. The van der Waals surface area contributed by atoms with Gasteiger partial charge in [0.05, 0.1) is 0 Å². The quantitative estimate of drug-likeness (QED) is 0.0513. The number of carbonyl (C=O) groups is 3. The van der Waals surface area contributed by atoms with Crippen molar-refractivity contribution in [3.8, 4) is 56.4 Å². The summed E-state index contributed by atoms with van der Waals surface area (Å²) in [4.78, 5) is 57.6. The average molecular weight is 937 g/mol. The van der Waals surface area contributed by atoms with E-state index in [4.69, 9.17) is 18.3 Å². The largest absolute Gasteiger partial charge is 0.505 e. The molecule has 0 aromatic heterocycles. The Balaban J connectivity index is 0.000000269. The molecule has 0 spiro atoms. The van der Waals surface area contributed by atoms with Crippen LogP contribution in [0.1, 0.15) is 98.4 Å². The third-order valence-corrected chi connectivity index (χ3v) is 10.5. The number of phenols is 1. The molecule has 8 rings (SSSR count). The number of halogens is 4. The van der Waals surface area contributed by atoms with Gasteiger partial charge in [-0.15, -0.1) is 0 Å². The number of esters is 1. The van der Waals surface area contributed by atoms with Crippen molar-refractivity contribution in [2.75, 3.05) is 6.79 Å². The van der Waals surface area contributed by atoms with Gasteiger partial charge in [0, 0.05) is 73.3 Å². The topological polar surface area (TPSA) is 150 Å². The van der Waals surface area contributed by atoms with E-state index in [1.54, 1.807) is 62.4 Å². The molecule has 356 valence electrons. The van der Waals surface area contributed by atoms with Gasteiger partial charge in [-0.2, -0.15) is 0 Å². The first-order valence-electron chi connectivity index (χ1n) is 22.0. The number of fused-ring (bicyclic) bond motifs is 4. The van der Waals surface area contributed by atoms with Gasteiger partial charge in [-0.25, -0.2) is 17.6 Å². The van der Waals surface area contributed by atoms with Crippen molar-refractivity contribution in [2.24, 2.45) is 0 Å². The van der Waals surface area contributed by atoms with E-state index in [1.807, 2.05) is 41.5 Å². The third-order valence-electron chi connectivity index (χ3n) is 10.5. The van der Waals surface area contributed by atoms with Crippen LogP contribution in [0.3, 0.4) is 0 Å². The van der Waals surface area contributed by atoms with Crippen molar-refractivity contribution in [2.45, 2.75) is 82.6 Å². The number of phenolic OH excluding ortho intramolecular Hbond substituents is 1. The number of hydrogen-bond donors (Lipinski definition) is 1. The monoisotopic (exact) mass is 936 g/mol. The van der Waals surface area contributed by atoms with Crippen LogP contribution in [0.5, 0.6) is 11.5 Å². The highest BCUT2D eigenvalue weighted by atomic mass is 19.1. The fourth-order valence-electron chi connectivity index (χ4n) is 7.40. The molecule has 0 amide bonds. The van der Waals surface area contributed by atoms with E-state index in [0.717, 1.165) is 18.2 Å². The van der Waals surface area contributed by atoms with Crippen molar-refractivity contribution >= 4 is 40.5 Å². The number of hydrogen-bond acceptors (Lipinski definition) is 10. The first-order chi connectivity index (χ1) is 32.6. The first-order valence-corrected chi connectivity index (χ1v) is 22.0. The Labute approximate surface area is 390 Å². The molecule has 0 unspecified atom stereocenters. The van der Waals surface area contributed by atoms with Gasteiger partial charge in [0.15, 0.2) is 34.8 Å². The molecule has 2 aliphatic heterocycles. The highest BCUT2D eigenvalue weighted by molar-refractivity contribution is 6.05. The average Bonchev–Trinajstić information content (AvgIpc) is 3.35. The van der Waals surface area contributed by atoms with Gasteiger partial charge in [-0.1, -0.05) is 97.0 Å². The summed E-state index contributed by atoms with van der Waals surface area (Å²) in [5, 5.41) is 10.7. The second-order valence-corrected chi connectivity index (χ2v) is 14.3. The molecular formula is C54H52F4O10. The van der Waals surface area contributed by atoms with Crippen LogP contribution < -0.4 is 15.6 Å². The summed E-state index contributed by atoms with van der Waals surface area (Å²) in [5.41, 5.74) is 3.03. The van der Waals surface area contributed by atoms with Gasteiger partial charge in [0.2, 0.25) is 17.7 Å². The van der Waals surface area contributed by atoms with Gasteiger partial charge in [0.1, 0.15) is 35.3 Å². The minimum atomic E-state index is -0.959. The lowest BCUT2D eigenvalue weighted by atomic mass is 9.90. The van der Waals surface area contributed by atoms with E-state index in [1.165, 1.54) is 26.8 Å². The fraction of sp³-hybridized carbons (Fsp3) is 0.241. The van der Waals surface area contributed by atoms with Crippen LogP contribution in [-0.2, 0) is 16.0 Å². The molecule has 68 heavy (non-hydrogen) atoms.